The largest absolute Gasteiger partial charge is 0.339 e. The van der Waals surface area contributed by atoms with Gasteiger partial charge in [0.2, 0.25) is 0 Å². The molecule has 1 fully saturated rings. The Labute approximate surface area is 107 Å². The molecule has 2 rings (SSSR count). The van der Waals surface area contributed by atoms with Crippen LogP contribution in [0, 0.1) is 0 Å². The van der Waals surface area contributed by atoms with Crippen molar-refractivity contribution in [3.63, 3.8) is 0 Å². The molecule has 0 radical (unpaired) electrons. The number of carbonyl (C=O) groups is 1. The van der Waals surface area contributed by atoms with Gasteiger partial charge in [0, 0.05) is 13.1 Å². The summed E-state index contributed by atoms with van der Waals surface area (Å²) in [6, 6.07) is 7.53. The number of carbonyl (C=O) groups excluding carboxylic acids is 1. The van der Waals surface area contributed by atoms with Crippen molar-refractivity contribution in [1.29, 1.82) is 0 Å². The fourth-order valence-electron chi connectivity index (χ4n) is 2.18. The molecular formula is C13H17ClN2O. The summed E-state index contributed by atoms with van der Waals surface area (Å²) in [7, 11) is 1.86. The molecule has 0 aromatic heterocycles. The van der Waals surface area contributed by atoms with Crippen molar-refractivity contribution in [3.05, 3.63) is 34.9 Å². The molecule has 1 aromatic carbocycles. The molecule has 0 aliphatic carbocycles. The third kappa shape index (κ3) is 2.79. The first kappa shape index (κ1) is 12.4. The number of piperidine rings is 1. The van der Waals surface area contributed by atoms with Crippen molar-refractivity contribution >= 4 is 17.5 Å². The predicted molar refractivity (Wildman–Crippen MR) is 69.4 cm³/mol. The quantitative estimate of drug-likeness (QED) is 0.875. The molecule has 0 saturated carbocycles. The number of nitrogens with zero attached hydrogens (tertiary/aromatic N) is 1. The Morgan fingerprint density at radius 3 is 2.65 bits per heavy atom. The van der Waals surface area contributed by atoms with Gasteiger partial charge in [-0.2, -0.15) is 0 Å². The molecule has 0 spiro atoms. The van der Waals surface area contributed by atoms with E-state index in [0.717, 1.165) is 25.9 Å². The molecule has 1 aliphatic heterocycles. The zero-order chi connectivity index (χ0) is 12.3. The minimum Gasteiger partial charge on any atom is -0.339 e. The molecule has 1 aromatic rings. The number of nitrogens with one attached hydrogen (secondary N) is 1. The second-order valence-corrected chi connectivity index (χ2v) is 4.78. The predicted octanol–water partition coefficient (Wildman–Crippen LogP) is 2.16. The van der Waals surface area contributed by atoms with Crippen LogP contribution in [0.3, 0.4) is 0 Å². The average Bonchev–Trinajstić information content (AvgIpc) is 2.39. The fourth-order valence-corrected chi connectivity index (χ4v) is 2.40. The molecule has 0 unspecified atom stereocenters. The van der Waals surface area contributed by atoms with Crippen molar-refractivity contribution < 1.29 is 4.79 Å². The maximum atomic E-state index is 12.3. The molecule has 17 heavy (non-hydrogen) atoms. The van der Waals surface area contributed by atoms with E-state index < -0.39 is 0 Å². The summed E-state index contributed by atoms with van der Waals surface area (Å²) in [4.78, 5) is 14.1. The van der Waals surface area contributed by atoms with E-state index in [-0.39, 0.29) is 5.91 Å². The number of hydrogen-bond donors (Lipinski definition) is 1. The molecule has 1 saturated heterocycles. The minimum absolute atomic E-state index is 0.0162. The molecule has 0 atom stereocenters. The van der Waals surface area contributed by atoms with Crippen LogP contribution in [-0.4, -0.2) is 37.0 Å². The minimum atomic E-state index is 0.0162. The Balaban J connectivity index is 2.11. The molecule has 4 heteroatoms. The lowest BCUT2D eigenvalue weighted by Gasteiger charge is -2.31. The van der Waals surface area contributed by atoms with E-state index in [9.17, 15) is 4.79 Å². The lowest BCUT2D eigenvalue weighted by atomic mass is 10.0. The molecule has 0 bridgehead atoms. The maximum Gasteiger partial charge on any atom is 0.255 e. The van der Waals surface area contributed by atoms with Crippen molar-refractivity contribution in [2.24, 2.45) is 0 Å². The van der Waals surface area contributed by atoms with Crippen LogP contribution in [0.15, 0.2) is 24.3 Å². The van der Waals surface area contributed by atoms with Crippen molar-refractivity contribution in [2.45, 2.75) is 18.9 Å². The standard InChI is InChI=1S/C13H17ClN2O/c1-16(10-6-8-15-9-7-10)13(17)11-4-2-3-5-12(11)14/h2-5,10,15H,6-9H2,1H3. The summed E-state index contributed by atoms with van der Waals surface area (Å²) in [6.45, 7) is 1.95. The summed E-state index contributed by atoms with van der Waals surface area (Å²) in [5, 5.41) is 3.82. The first-order valence-electron chi connectivity index (χ1n) is 5.92. The van der Waals surface area contributed by atoms with E-state index in [1.165, 1.54) is 0 Å². The molecule has 3 nitrogen and oxygen atoms in total. The molecule has 1 aliphatic rings. The highest BCUT2D eigenvalue weighted by Crippen LogP contribution is 2.19. The van der Waals surface area contributed by atoms with Crippen molar-refractivity contribution in [1.82, 2.24) is 10.2 Å². The number of amides is 1. The van der Waals surface area contributed by atoms with E-state index in [2.05, 4.69) is 5.32 Å². The number of halogens is 1. The monoisotopic (exact) mass is 252 g/mol. The molecule has 1 N–H and O–H groups in total. The van der Waals surface area contributed by atoms with Crippen LogP contribution in [0.25, 0.3) is 0 Å². The second kappa shape index (κ2) is 5.52. The highest BCUT2D eigenvalue weighted by Gasteiger charge is 2.23. The zero-order valence-corrected chi connectivity index (χ0v) is 10.7. The van der Waals surface area contributed by atoms with Gasteiger partial charge in [0.25, 0.3) is 5.91 Å². The summed E-state index contributed by atoms with van der Waals surface area (Å²) in [5.41, 5.74) is 0.593. The van der Waals surface area contributed by atoms with Crippen LogP contribution in [-0.2, 0) is 0 Å². The van der Waals surface area contributed by atoms with E-state index in [1.807, 2.05) is 24.1 Å². The van der Waals surface area contributed by atoms with Gasteiger partial charge in [-0.05, 0) is 38.1 Å². The molecule has 1 heterocycles. The van der Waals surface area contributed by atoms with Gasteiger partial charge < -0.3 is 10.2 Å². The summed E-state index contributed by atoms with van der Waals surface area (Å²) in [5.74, 6) is 0.0162. The second-order valence-electron chi connectivity index (χ2n) is 4.38. The van der Waals surface area contributed by atoms with Gasteiger partial charge in [0.05, 0.1) is 10.6 Å². The van der Waals surface area contributed by atoms with E-state index in [1.54, 1.807) is 12.1 Å². The third-order valence-electron chi connectivity index (χ3n) is 3.28. The van der Waals surface area contributed by atoms with Gasteiger partial charge in [-0.1, -0.05) is 23.7 Å². The molecule has 92 valence electrons. The van der Waals surface area contributed by atoms with E-state index in [0.29, 0.717) is 16.6 Å². The Morgan fingerprint density at radius 1 is 1.35 bits per heavy atom. The lowest BCUT2D eigenvalue weighted by Crippen LogP contribution is -2.44. The first-order chi connectivity index (χ1) is 8.20. The number of rotatable bonds is 2. The summed E-state index contributed by atoms with van der Waals surface area (Å²) >= 11 is 6.04. The van der Waals surface area contributed by atoms with Crippen LogP contribution in [0.1, 0.15) is 23.2 Å². The van der Waals surface area contributed by atoms with E-state index in [4.69, 9.17) is 11.6 Å². The SMILES string of the molecule is CN(C(=O)c1ccccc1Cl)C1CCNCC1. The van der Waals surface area contributed by atoms with Gasteiger partial charge >= 0.3 is 0 Å². The third-order valence-corrected chi connectivity index (χ3v) is 3.61. The van der Waals surface area contributed by atoms with Gasteiger partial charge in [-0.25, -0.2) is 0 Å². The first-order valence-corrected chi connectivity index (χ1v) is 6.30. The van der Waals surface area contributed by atoms with Gasteiger partial charge in [0.15, 0.2) is 0 Å². The Bertz CT molecular complexity index is 402. The van der Waals surface area contributed by atoms with Crippen LogP contribution in [0.5, 0.6) is 0 Å². The fraction of sp³-hybridized carbons (Fsp3) is 0.462. The van der Waals surface area contributed by atoms with Crippen LogP contribution in [0.4, 0.5) is 0 Å². The lowest BCUT2D eigenvalue weighted by molar-refractivity contribution is 0.0703. The Morgan fingerprint density at radius 2 is 2.00 bits per heavy atom. The maximum absolute atomic E-state index is 12.3. The van der Waals surface area contributed by atoms with Gasteiger partial charge in [0.1, 0.15) is 0 Å². The van der Waals surface area contributed by atoms with Crippen LogP contribution >= 0.6 is 11.6 Å². The van der Waals surface area contributed by atoms with Crippen molar-refractivity contribution in [2.75, 3.05) is 20.1 Å². The van der Waals surface area contributed by atoms with Gasteiger partial charge in [-0.15, -0.1) is 0 Å². The molecule has 1 amide bonds. The van der Waals surface area contributed by atoms with E-state index >= 15 is 0 Å². The van der Waals surface area contributed by atoms with Crippen LogP contribution in [0.2, 0.25) is 5.02 Å². The Kier molecular flexibility index (Phi) is 4.02. The van der Waals surface area contributed by atoms with Crippen molar-refractivity contribution in [3.8, 4) is 0 Å². The molecular weight excluding hydrogens is 236 g/mol. The topological polar surface area (TPSA) is 32.3 Å². The normalized spacial score (nSPS) is 16.8. The smallest absolute Gasteiger partial charge is 0.255 e. The summed E-state index contributed by atoms with van der Waals surface area (Å²) < 4.78 is 0. The highest BCUT2D eigenvalue weighted by molar-refractivity contribution is 6.33. The Hall–Kier alpha value is -1.06. The zero-order valence-electron chi connectivity index (χ0n) is 9.95. The number of hydrogen-bond acceptors (Lipinski definition) is 2. The number of benzene rings is 1. The highest BCUT2D eigenvalue weighted by atomic mass is 35.5. The summed E-state index contributed by atoms with van der Waals surface area (Å²) in [6.07, 6.45) is 2.01. The average molecular weight is 253 g/mol. The van der Waals surface area contributed by atoms with Crippen LogP contribution < -0.4 is 5.32 Å². The van der Waals surface area contributed by atoms with Gasteiger partial charge in [-0.3, -0.25) is 4.79 Å².